The van der Waals surface area contributed by atoms with Crippen molar-refractivity contribution in [1.82, 2.24) is 0 Å². The quantitative estimate of drug-likeness (QED) is 0.0429. The molecular weight excluding hydrogens is 1010 g/mol. The van der Waals surface area contributed by atoms with Gasteiger partial charge in [-0.1, -0.05) is 105 Å². The minimum absolute atomic E-state index is 1.15. The van der Waals surface area contributed by atoms with Gasteiger partial charge in [-0.05, 0) is 169 Å². The molecule has 9 aromatic heterocycles. The molecule has 0 amide bonds. The largest absolute Gasteiger partial charge is 0.143 e. The second-order valence-electron chi connectivity index (χ2n) is 18.5. The summed E-state index contributed by atoms with van der Waals surface area (Å²) in [6.07, 6.45) is 25.5. The van der Waals surface area contributed by atoms with Gasteiger partial charge in [-0.15, -0.1) is 102 Å². The van der Waals surface area contributed by atoms with E-state index in [0.29, 0.717) is 0 Å². The van der Waals surface area contributed by atoms with E-state index < -0.39 is 0 Å². The summed E-state index contributed by atoms with van der Waals surface area (Å²) in [5.41, 5.74) is 6.13. The zero-order valence-electron chi connectivity index (χ0n) is 41.1. The molecule has 0 bridgehead atoms. The van der Waals surface area contributed by atoms with E-state index in [-0.39, 0.29) is 0 Å². The van der Waals surface area contributed by atoms with E-state index >= 15 is 0 Å². The normalized spacial score (nSPS) is 11.8. The van der Waals surface area contributed by atoms with Gasteiger partial charge in [0.15, 0.2) is 0 Å². The van der Waals surface area contributed by atoms with Crippen molar-refractivity contribution >= 4 is 102 Å². The molecule has 0 saturated carbocycles. The highest BCUT2D eigenvalue weighted by molar-refractivity contribution is 7.32. The number of hydrogen-bond acceptors (Lipinski definition) is 9. The Morgan fingerprint density at radius 3 is 0.855 bits per heavy atom. The molecule has 0 N–H and O–H groups in total. The second-order valence-corrected chi connectivity index (χ2v) is 27.9. The number of hydrogen-bond donors (Lipinski definition) is 0. The summed E-state index contributed by atoms with van der Waals surface area (Å²) >= 11 is 17.8. The molecule has 0 aliphatic heterocycles. The molecule has 0 aliphatic rings. The maximum absolute atomic E-state index is 2.55. The highest BCUT2D eigenvalue weighted by atomic mass is 32.1. The minimum Gasteiger partial charge on any atom is -0.143 e. The van der Waals surface area contributed by atoms with E-state index in [1.54, 1.807) is 0 Å². The van der Waals surface area contributed by atoms with E-state index in [4.69, 9.17) is 0 Å². The van der Waals surface area contributed by atoms with Crippen LogP contribution in [0.4, 0.5) is 0 Å². The van der Waals surface area contributed by atoms with Gasteiger partial charge >= 0.3 is 0 Å². The molecular formula is C60H68S9. The van der Waals surface area contributed by atoms with Gasteiger partial charge in [0.1, 0.15) is 0 Å². The van der Waals surface area contributed by atoms with Gasteiger partial charge in [0.05, 0.1) is 0 Å². The Kier molecular flexibility index (Phi) is 19.1. The molecule has 0 saturated heterocycles. The lowest BCUT2D eigenvalue weighted by atomic mass is 10.1. The molecule has 9 aromatic rings. The summed E-state index contributed by atoms with van der Waals surface area (Å²) < 4.78 is 0. The maximum Gasteiger partial charge on any atom is 0.0481 e. The third-order valence-corrected chi connectivity index (χ3v) is 24.4. The van der Waals surface area contributed by atoms with Crippen molar-refractivity contribution < 1.29 is 0 Å². The van der Waals surface area contributed by atoms with Crippen molar-refractivity contribution in [2.45, 2.75) is 156 Å². The third-order valence-electron chi connectivity index (χ3n) is 13.2. The number of rotatable bonds is 28. The summed E-state index contributed by atoms with van der Waals surface area (Å²) in [7, 11) is 0. The summed E-state index contributed by atoms with van der Waals surface area (Å²) in [6, 6.07) is 33.7. The molecule has 0 unspecified atom stereocenters. The van der Waals surface area contributed by atoms with Crippen LogP contribution >= 0.6 is 102 Å². The first-order valence-electron chi connectivity index (χ1n) is 25.9. The number of unbranched alkanes of at least 4 members (excludes halogenated alkanes) is 12. The molecule has 0 spiro atoms. The summed E-state index contributed by atoms with van der Waals surface area (Å²) in [6.45, 7) is 9.24. The Bertz CT molecular complexity index is 2740. The van der Waals surface area contributed by atoms with E-state index in [0.717, 1.165) is 12.8 Å². The van der Waals surface area contributed by atoms with Crippen molar-refractivity contribution in [1.29, 1.82) is 0 Å². The van der Waals surface area contributed by atoms with Crippen LogP contribution in [-0.2, 0) is 25.7 Å². The highest BCUT2D eigenvalue weighted by Gasteiger charge is 2.21. The van der Waals surface area contributed by atoms with Crippen molar-refractivity contribution in [2.75, 3.05) is 0 Å². The molecule has 0 aromatic carbocycles. The molecule has 362 valence electrons. The van der Waals surface area contributed by atoms with E-state index in [1.807, 2.05) is 102 Å². The average Bonchev–Trinajstić information content (AvgIpc) is 4.19. The van der Waals surface area contributed by atoms with Gasteiger partial charge < -0.3 is 0 Å². The van der Waals surface area contributed by atoms with Crippen LogP contribution < -0.4 is 0 Å². The Morgan fingerprint density at radius 1 is 0.246 bits per heavy atom. The highest BCUT2D eigenvalue weighted by Crippen LogP contribution is 2.51. The second kappa shape index (κ2) is 25.8. The molecule has 0 nitrogen and oxygen atoms in total. The molecule has 9 heterocycles. The van der Waals surface area contributed by atoms with Crippen molar-refractivity contribution in [3.63, 3.8) is 0 Å². The van der Waals surface area contributed by atoms with E-state index in [2.05, 4.69) is 123 Å². The number of aryl methyl sites for hydroxylation is 4. The van der Waals surface area contributed by atoms with Crippen LogP contribution in [0.1, 0.15) is 153 Å². The number of thiophene rings is 9. The van der Waals surface area contributed by atoms with Crippen LogP contribution in [0.25, 0.3) is 78.0 Å². The van der Waals surface area contributed by atoms with Crippen LogP contribution in [-0.4, -0.2) is 0 Å². The van der Waals surface area contributed by atoms with Crippen molar-refractivity contribution in [2.24, 2.45) is 0 Å². The molecule has 0 radical (unpaired) electrons. The van der Waals surface area contributed by atoms with Crippen LogP contribution in [0, 0.1) is 0 Å². The molecule has 9 heteroatoms. The van der Waals surface area contributed by atoms with Crippen LogP contribution in [0.5, 0.6) is 0 Å². The van der Waals surface area contributed by atoms with Gasteiger partial charge in [0.2, 0.25) is 0 Å². The molecule has 0 aliphatic carbocycles. The fraction of sp³-hybridized carbons (Fsp3) is 0.400. The van der Waals surface area contributed by atoms with E-state index in [9.17, 15) is 0 Å². The topological polar surface area (TPSA) is 0 Å². The molecule has 9 rings (SSSR count). The Balaban J connectivity index is 0.948. The van der Waals surface area contributed by atoms with Gasteiger partial charge in [-0.25, -0.2) is 0 Å². The van der Waals surface area contributed by atoms with Crippen LogP contribution in [0.15, 0.2) is 95.7 Å². The van der Waals surface area contributed by atoms with Gasteiger partial charge in [0, 0.05) is 78.0 Å². The van der Waals surface area contributed by atoms with Gasteiger partial charge in [-0.3, -0.25) is 0 Å². The zero-order valence-corrected chi connectivity index (χ0v) is 48.4. The monoisotopic (exact) mass is 1080 g/mol. The molecule has 69 heavy (non-hydrogen) atoms. The lowest BCUT2D eigenvalue weighted by Crippen LogP contribution is -1.85. The lowest BCUT2D eigenvalue weighted by Gasteiger charge is -2.02. The predicted octanol–water partition coefficient (Wildman–Crippen LogP) is 24.1. The molecule has 0 fully saturated rings. The Morgan fingerprint density at radius 2 is 0.522 bits per heavy atom. The van der Waals surface area contributed by atoms with Gasteiger partial charge in [-0.2, -0.15) is 0 Å². The maximum atomic E-state index is 2.55. The molecule has 0 atom stereocenters. The van der Waals surface area contributed by atoms with Gasteiger partial charge in [0.25, 0.3) is 0 Å². The average molecular weight is 1080 g/mol. The zero-order chi connectivity index (χ0) is 47.4. The first-order chi connectivity index (χ1) is 34.0. The van der Waals surface area contributed by atoms with E-state index in [1.165, 1.54) is 216 Å². The fourth-order valence-electron chi connectivity index (χ4n) is 9.33. The standard InChI is InChI=1S/C60H68S9/c1-5-9-13-17-21-41-35-37-61-57(41)51-31-27-45(64-51)47-29-33-53(66-47)59-43(23-19-15-11-7-3)39-55(68-59)49-25-26-50(63-49)56-40-44(24-20-16-12-8-4)60(69-56)54-34-30-48(67-54)46-28-32-52(65-46)58-42(36-38-62-58)22-18-14-10-6-2/h25-40H,5-24H2,1-4H3. The predicted molar refractivity (Wildman–Crippen MR) is 322 cm³/mol. The van der Waals surface area contributed by atoms with Crippen LogP contribution in [0.2, 0.25) is 0 Å². The summed E-state index contributed by atoms with van der Waals surface area (Å²) in [5.74, 6) is 0. The first-order valence-corrected chi connectivity index (χ1v) is 33.4. The SMILES string of the molecule is CCCCCCc1ccsc1-c1ccc(-c2ccc(-c3sc(-c4ccc(-c5cc(CCCCCC)c(-c6ccc(-c7ccc(-c8sccc8CCCCCC)s7)s6)s5)s4)cc3CCCCCC)s2)s1. The van der Waals surface area contributed by atoms with Crippen LogP contribution in [0.3, 0.4) is 0 Å². The minimum atomic E-state index is 1.15. The first kappa shape index (κ1) is 51.2. The fourth-order valence-corrected chi connectivity index (χ4v) is 19.6. The summed E-state index contributed by atoms with van der Waals surface area (Å²) in [5, 5.41) is 4.59. The third kappa shape index (κ3) is 12.9. The smallest absolute Gasteiger partial charge is 0.0481 e. The summed E-state index contributed by atoms with van der Waals surface area (Å²) in [4.78, 5) is 22.8. The van der Waals surface area contributed by atoms with Crippen molar-refractivity contribution in [3.05, 3.63) is 118 Å². The van der Waals surface area contributed by atoms with Crippen molar-refractivity contribution in [3.8, 4) is 78.0 Å². The lowest BCUT2D eigenvalue weighted by molar-refractivity contribution is 0.668. The Hall–Kier alpha value is -2.70. The Labute approximate surface area is 449 Å².